The molecule has 0 radical (unpaired) electrons. The van der Waals surface area contributed by atoms with E-state index in [0.29, 0.717) is 39.1 Å². The van der Waals surface area contributed by atoms with Crippen molar-refractivity contribution >= 4 is 37.8 Å². The maximum atomic E-state index is 14.7. The topological polar surface area (TPSA) is 104 Å². The molecule has 6 rings (SSSR count). The molecule has 2 saturated heterocycles. The minimum atomic E-state index is -2.96. The van der Waals surface area contributed by atoms with E-state index in [4.69, 9.17) is 9.72 Å². The third kappa shape index (κ3) is 5.76. The van der Waals surface area contributed by atoms with Crippen molar-refractivity contribution in [1.29, 1.82) is 5.26 Å². The summed E-state index contributed by atoms with van der Waals surface area (Å²) >= 11 is 1.61. The number of rotatable bonds is 7. The Morgan fingerprint density at radius 3 is 2.45 bits per heavy atom. The van der Waals surface area contributed by atoms with Crippen LogP contribution < -0.4 is 9.80 Å². The molecule has 4 aliphatic rings. The van der Waals surface area contributed by atoms with Crippen LogP contribution in [-0.4, -0.2) is 76.3 Å². The highest BCUT2D eigenvalue weighted by molar-refractivity contribution is 7.91. The van der Waals surface area contributed by atoms with Crippen LogP contribution in [0.25, 0.3) is 10.4 Å². The molecule has 214 valence electrons. The molecule has 4 fully saturated rings. The fourth-order valence-corrected chi connectivity index (χ4v) is 8.60. The summed E-state index contributed by atoms with van der Waals surface area (Å²) in [6.07, 6.45) is 1.80. The van der Waals surface area contributed by atoms with Crippen molar-refractivity contribution in [3.8, 4) is 16.5 Å². The number of nitrogens with zero attached hydrogens (tertiary/aromatic N) is 4. The standard InChI is InChI=1S/C29H35FN4O4S2/c30-21-3-6-23(24(17-21)25(35)18-29(19-31)7-8-29)26-27(39-28(32-26)34-9-13-38-14-10-34)20-1-4-22(5-2-20)33-11-15-40(36,37)16-12-33/h1-2,4-5,21,23-24H,3,6-18H2/t21-,23+,24+/m0/s1. The van der Waals surface area contributed by atoms with E-state index in [-0.39, 0.29) is 36.0 Å². The largest absolute Gasteiger partial charge is 0.378 e. The summed E-state index contributed by atoms with van der Waals surface area (Å²) in [5, 5.41) is 10.5. The molecule has 0 bridgehead atoms. The first-order chi connectivity index (χ1) is 19.3. The number of hydrogen-bond donors (Lipinski definition) is 0. The molecule has 2 aliphatic heterocycles. The molecular formula is C29H35FN4O4S2. The van der Waals surface area contributed by atoms with Gasteiger partial charge in [0, 0.05) is 50.1 Å². The number of ketones is 1. The highest BCUT2D eigenvalue weighted by atomic mass is 32.2. The molecule has 2 aromatic rings. The van der Waals surface area contributed by atoms with Gasteiger partial charge in [0.15, 0.2) is 15.0 Å². The maximum Gasteiger partial charge on any atom is 0.186 e. The summed E-state index contributed by atoms with van der Waals surface area (Å²) in [7, 11) is -2.96. The number of morpholine rings is 1. The van der Waals surface area contributed by atoms with Crippen molar-refractivity contribution in [1.82, 2.24) is 4.98 Å². The van der Waals surface area contributed by atoms with Gasteiger partial charge < -0.3 is 14.5 Å². The van der Waals surface area contributed by atoms with E-state index in [1.165, 1.54) is 0 Å². The second kappa shape index (κ2) is 11.0. The lowest BCUT2D eigenvalue weighted by Gasteiger charge is -2.32. The van der Waals surface area contributed by atoms with Crippen LogP contribution in [0.15, 0.2) is 24.3 Å². The molecule has 0 unspecified atom stereocenters. The average molecular weight is 587 g/mol. The molecule has 0 amide bonds. The van der Waals surface area contributed by atoms with E-state index >= 15 is 0 Å². The zero-order valence-corrected chi connectivity index (χ0v) is 24.2. The number of Topliss-reactive ketones (excluding diaryl/α,β-unsaturated/α-hetero) is 1. The molecule has 1 aromatic carbocycles. The summed E-state index contributed by atoms with van der Waals surface area (Å²) in [4.78, 5) is 24.0. The molecular weight excluding hydrogens is 551 g/mol. The third-order valence-electron chi connectivity index (χ3n) is 8.92. The fourth-order valence-electron chi connectivity index (χ4n) is 6.21. The summed E-state index contributed by atoms with van der Waals surface area (Å²) in [5.41, 5.74) is 2.27. The average Bonchev–Trinajstić information content (AvgIpc) is 3.60. The van der Waals surface area contributed by atoms with Gasteiger partial charge in [-0.15, -0.1) is 0 Å². The first-order valence-corrected chi connectivity index (χ1v) is 16.9. The van der Waals surface area contributed by atoms with Gasteiger partial charge in [0.25, 0.3) is 0 Å². The first kappa shape index (κ1) is 27.6. The maximum absolute atomic E-state index is 14.7. The molecule has 2 aliphatic carbocycles. The lowest BCUT2D eigenvalue weighted by molar-refractivity contribution is -0.126. The highest BCUT2D eigenvalue weighted by Gasteiger charge is 2.48. The number of alkyl halides is 1. The Hall–Kier alpha value is -2.55. The number of aromatic nitrogens is 1. The number of benzene rings is 1. The molecule has 8 nitrogen and oxygen atoms in total. The van der Waals surface area contributed by atoms with Gasteiger partial charge in [-0.25, -0.2) is 17.8 Å². The van der Waals surface area contributed by atoms with Crippen molar-refractivity contribution in [3.05, 3.63) is 30.0 Å². The second-order valence-electron chi connectivity index (χ2n) is 11.7. The summed E-state index contributed by atoms with van der Waals surface area (Å²) < 4.78 is 44.0. The van der Waals surface area contributed by atoms with Crippen LogP contribution in [0.4, 0.5) is 15.2 Å². The van der Waals surface area contributed by atoms with Crippen LogP contribution >= 0.6 is 11.3 Å². The van der Waals surface area contributed by atoms with Gasteiger partial charge in [0.1, 0.15) is 12.0 Å². The molecule has 11 heteroatoms. The van der Waals surface area contributed by atoms with Crippen LogP contribution in [0.2, 0.25) is 0 Å². The van der Waals surface area contributed by atoms with E-state index in [1.807, 2.05) is 24.3 Å². The van der Waals surface area contributed by atoms with E-state index in [0.717, 1.165) is 52.9 Å². The Bertz CT molecular complexity index is 1380. The van der Waals surface area contributed by atoms with Gasteiger partial charge >= 0.3 is 0 Å². The van der Waals surface area contributed by atoms with E-state index < -0.39 is 27.3 Å². The zero-order chi connectivity index (χ0) is 27.9. The van der Waals surface area contributed by atoms with Crippen molar-refractivity contribution in [3.63, 3.8) is 0 Å². The minimum Gasteiger partial charge on any atom is -0.378 e. The van der Waals surface area contributed by atoms with Gasteiger partial charge in [0.2, 0.25) is 0 Å². The molecule has 0 N–H and O–H groups in total. The molecule has 2 saturated carbocycles. The fraction of sp³-hybridized carbons (Fsp3) is 0.621. The van der Waals surface area contributed by atoms with Crippen molar-refractivity contribution in [2.24, 2.45) is 11.3 Å². The van der Waals surface area contributed by atoms with Gasteiger partial charge in [0.05, 0.1) is 46.8 Å². The number of sulfone groups is 1. The van der Waals surface area contributed by atoms with Crippen LogP contribution in [0.5, 0.6) is 0 Å². The first-order valence-electron chi connectivity index (χ1n) is 14.2. The SMILES string of the molecule is N#CC1(CC(=O)[C@@H]2C[C@@H](F)CC[C@H]2c2nc(N3CCOCC3)sc2-c2ccc(N3CCS(=O)(=O)CC3)cc2)CC1. The highest BCUT2D eigenvalue weighted by Crippen LogP contribution is 2.52. The molecule has 0 spiro atoms. The summed E-state index contributed by atoms with van der Waals surface area (Å²) in [6.45, 7) is 3.72. The van der Waals surface area contributed by atoms with Crippen LogP contribution in [0, 0.1) is 22.7 Å². The molecule has 1 aromatic heterocycles. The number of thiazole rings is 1. The van der Waals surface area contributed by atoms with Gasteiger partial charge in [-0.2, -0.15) is 5.26 Å². The Labute approximate surface area is 239 Å². The molecule has 3 atom stereocenters. The number of ether oxygens (including phenoxy) is 1. The summed E-state index contributed by atoms with van der Waals surface area (Å²) in [6, 6.07) is 10.5. The van der Waals surface area contributed by atoms with E-state index in [9.17, 15) is 22.9 Å². The van der Waals surface area contributed by atoms with Crippen LogP contribution in [0.1, 0.15) is 50.1 Å². The second-order valence-corrected chi connectivity index (χ2v) is 14.9. The minimum absolute atomic E-state index is 0.00586. The number of carbonyl (C=O) groups is 1. The van der Waals surface area contributed by atoms with Crippen molar-refractivity contribution < 1.29 is 22.3 Å². The zero-order valence-electron chi connectivity index (χ0n) is 22.6. The Kier molecular flexibility index (Phi) is 7.61. The monoisotopic (exact) mass is 586 g/mol. The number of hydrogen-bond acceptors (Lipinski definition) is 9. The van der Waals surface area contributed by atoms with Crippen LogP contribution in [-0.2, 0) is 19.4 Å². The predicted molar refractivity (Wildman–Crippen MR) is 153 cm³/mol. The van der Waals surface area contributed by atoms with E-state index in [2.05, 4.69) is 15.9 Å². The van der Waals surface area contributed by atoms with Crippen molar-refractivity contribution in [2.75, 3.05) is 60.7 Å². The Morgan fingerprint density at radius 1 is 1.10 bits per heavy atom. The van der Waals surface area contributed by atoms with Gasteiger partial charge in [-0.05, 0) is 49.8 Å². The smallest absolute Gasteiger partial charge is 0.186 e. The Morgan fingerprint density at radius 2 is 1.80 bits per heavy atom. The summed E-state index contributed by atoms with van der Waals surface area (Å²) in [5.74, 6) is -0.356. The normalized spacial score (nSPS) is 27.6. The third-order valence-corrected chi connectivity index (χ3v) is 11.7. The van der Waals surface area contributed by atoms with E-state index in [1.54, 1.807) is 11.3 Å². The predicted octanol–water partition coefficient (Wildman–Crippen LogP) is 4.37. The number of anilines is 2. The van der Waals surface area contributed by atoms with Crippen molar-refractivity contribution in [2.45, 2.75) is 50.6 Å². The Balaban J connectivity index is 1.32. The van der Waals surface area contributed by atoms with Gasteiger partial charge in [-0.1, -0.05) is 23.5 Å². The molecule has 40 heavy (non-hydrogen) atoms. The lowest BCUT2D eigenvalue weighted by atomic mass is 9.72. The number of nitriles is 1. The molecule has 3 heterocycles. The lowest BCUT2D eigenvalue weighted by Crippen LogP contribution is -2.40. The van der Waals surface area contributed by atoms with Gasteiger partial charge in [-0.3, -0.25) is 4.79 Å². The quantitative estimate of drug-likeness (QED) is 0.471. The number of carbonyl (C=O) groups excluding carboxylic acids is 1. The number of halogens is 1. The van der Waals surface area contributed by atoms with Crippen LogP contribution in [0.3, 0.4) is 0 Å².